The van der Waals surface area contributed by atoms with Crippen molar-refractivity contribution in [3.63, 3.8) is 0 Å². The topological polar surface area (TPSA) is 89.9 Å². The summed E-state index contributed by atoms with van der Waals surface area (Å²) in [6.07, 6.45) is 1.54. The number of carboxylic acid groups (broad SMARTS) is 1. The highest BCUT2D eigenvalue weighted by atomic mass is 16.4. The van der Waals surface area contributed by atoms with Crippen molar-refractivity contribution >= 4 is 12.0 Å². The molecule has 0 radical (unpaired) electrons. The Morgan fingerprint density at radius 3 is 2.53 bits per heavy atom. The van der Waals surface area contributed by atoms with Crippen LogP contribution in [0.15, 0.2) is 12.7 Å². The van der Waals surface area contributed by atoms with Crippen molar-refractivity contribution in [1.82, 2.24) is 10.2 Å². The number of aliphatic hydroxyl groups is 1. The van der Waals surface area contributed by atoms with Crippen LogP contribution in [0, 0.1) is 0 Å². The van der Waals surface area contributed by atoms with E-state index in [0.29, 0.717) is 13.1 Å². The van der Waals surface area contributed by atoms with Crippen molar-refractivity contribution in [3.05, 3.63) is 12.7 Å². The van der Waals surface area contributed by atoms with Gasteiger partial charge in [-0.2, -0.15) is 0 Å². The van der Waals surface area contributed by atoms with Crippen molar-refractivity contribution in [3.8, 4) is 0 Å². The molecule has 6 heteroatoms. The van der Waals surface area contributed by atoms with Crippen LogP contribution < -0.4 is 5.32 Å². The Balaban J connectivity index is 4.30. The van der Waals surface area contributed by atoms with Gasteiger partial charge in [-0.1, -0.05) is 6.08 Å². The standard InChI is InChI=1S/C9H16N2O4/c1-3-5-11(4-2)9(15)10-7(6-12)8(13)14/h3,7,12H,1,4-6H2,2H3,(H,10,15)(H,13,14). The average molecular weight is 216 g/mol. The van der Waals surface area contributed by atoms with Crippen LogP contribution in [-0.2, 0) is 4.79 Å². The molecular formula is C9H16N2O4. The maximum atomic E-state index is 11.4. The summed E-state index contributed by atoms with van der Waals surface area (Å²) in [6, 6.07) is -1.80. The van der Waals surface area contributed by atoms with Gasteiger partial charge in [0.2, 0.25) is 0 Å². The molecule has 15 heavy (non-hydrogen) atoms. The summed E-state index contributed by atoms with van der Waals surface area (Å²) in [7, 11) is 0. The van der Waals surface area contributed by atoms with Gasteiger partial charge in [-0.15, -0.1) is 6.58 Å². The second-order valence-electron chi connectivity index (χ2n) is 2.85. The molecule has 0 spiro atoms. The SMILES string of the molecule is C=CCN(CC)C(=O)NC(CO)C(=O)O. The molecule has 0 aromatic carbocycles. The number of amides is 2. The van der Waals surface area contributed by atoms with E-state index in [1.54, 1.807) is 6.92 Å². The third-order valence-electron chi connectivity index (χ3n) is 1.80. The van der Waals surface area contributed by atoms with Gasteiger partial charge in [0.1, 0.15) is 0 Å². The number of aliphatic carboxylic acids is 1. The Labute approximate surface area is 88.2 Å². The number of hydrogen-bond acceptors (Lipinski definition) is 3. The van der Waals surface area contributed by atoms with Gasteiger partial charge in [-0.3, -0.25) is 0 Å². The van der Waals surface area contributed by atoms with E-state index in [1.165, 1.54) is 11.0 Å². The van der Waals surface area contributed by atoms with Gasteiger partial charge in [0.05, 0.1) is 6.61 Å². The molecule has 3 N–H and O–H groups in total. The summed E-state index contributed by atoms with van der Waals surface area (Å²) in [5.74, 6) is -1.26. The Morgan fingerprint density at radius 2 is 2.20 bits per heavy atom. The number of carboxylic acids is 1. The maximum Gasteiger partial charge on any atom is 0.328 e. The van der Waals surface area contributed by atoms with Crippen LogP contribution in [0.1, 0.15) is 6.92 Å². The number of nitrogens with zero attached hydrogens (tertiary/aromatic N) is 1. The number of hydrogen-bond donors (Lipinski definition) is 3. The first-order valence-electron chi connectivity index (χ1n) is 4.56. The number of nitrogens with one attached hydrogen (secondary N) is 1. The van der Waals surface area contributed by atoms with Crippen molar-refractivity contribution in [2.24, 2.45) is 0 Å². The average Bonchev–Trinajstić information content (AvgIpc) is 2.21. The first kappa shape index (κ1) is 13.4. The largest absolute Gasteiger partial charge is 0.480 e. The molecule has 0 bridgehead atoms. The third-order valence-corrected chi connectivity index (χ3v) is 1.80. The highest BCUT2D eigenvalue weighted by Gasteiger charge is 2.20. The van der Waals surface area contributed by atoms with Gasteiger partial charge in [0.25, 0.3) is 0 Å². The summed E-state index contributed by atoms with van der Waals surface area (Å²) in [5, 5.41) is 19.5. The predicted octanol–water partition coefficient (Wildman–Crippen LogP) is -0.351. The summed E-state index contributed by atoms with van der Waals surface area (Å²) in [6.45, 7) is 5.38. The molecular weight excluding hydrogens is 200 g/mol. The van der Waals surface area contributed by atoms with E-state index in [2.05, 4.69) is 11.9 Å². The highest BCUT2D eigenvalue weighted by molar-refractivity contribution is 5.82. The van der Waals surface area contributed by atoms with E-state index in [9.17, 15) is 9.59 Å². The predicted molar refractivity (Wildman–Crippen MR) is 54.5 cm³/mol. The molecule has 0 aromatic heterocycles. The van der Waals surface area contributed by atoms with Crippen LogP contribution in [0.2, 0.25) is 0 Å². The smallest absolute Gasteiger partial charge is 0.328 e. The lowest BCUT2D eigenvalue weighted by atomic mass is 10.3. The molecule has 0 heterocycles. The number of urea groups is 1. The summed E-state index contributed by atoms with van der Waals surface area (Å²) >= 11 is 0. The van der Waals surface area contributed by atoms with Crippen LogP contribution in [0.25, 0.3) is 0 Å². The van der Waals surface area contributed by atoms with Crippen molar-refractivity contribution < 1.29 is 19.8 Å². The van der Waals surface area contributed by atoms with Gasteiger partial charge in [0.15, 0.2) is 6.04 Å². The lowest BCUT2D eigenvalue weighted by molar-refractivity contribution is -0.140. The van der Waals surface area contributed by atoms with Crippen molar-refractivity contribution in [2.45, 2.75) is 13.0 Å². The zero-order valence-corrected chi connectivity index (χ0v) is 8.64. The second-order valence-corrected chi connectivity index (χ2v) is 2.85. The molecule has 6 nitrogen and oxygen atoms in total. The molecule has 1 atom stereocenters. The molecule has 0 saturated carbocycles. The number of carbonyl (C=O) groups is 2. The zero-order chi connectivity index (χ0) is 11.8. The lowest BCUT2D eigenvalue weighted by Crippen LogP contribution is -2.49. The first-order valence-corrected chi connectivity index (χ1v) is 4.56. The van der Waals surface area contributed by atoms with Crippen LogP contribution in [0.5, 0.6) is 0 Å². The number of rotatable bonds is 6. The minimum atomic E-state index is -1.27. The van der Waals surface area contributed by atoms with Crippen LogP contribution >= 0.6 is 0 Å². The zero-order valence-electron chi connectivity index (χ0n) is 8.64. The molecule has 0 aliphatic carbocycles. The van der Waals surface area contributed by atoms with Crippen LogP contribution in [-0.4, -0.2) is 52.9 Å². The van der Waals surface area contributed by atoms with Gasteiger partial charge in [-0.25, -0.2) is 9.59 Å². The fraction of sp³-hybridized carbons (Fsp3) is 0.556. The first-order chi connectivity index (χ1) is 7.06. The molecule has 86 valence electrons. The molecule has 2 amide bonds. The third kappa shape index (κ3) is 4.46. The van der Waals surface area contributed by atoms with Gasteiger partial charge in [-0.05, 0) is 6.92 Å². The van der Waals surface area contributed by atoms with E-state index in [-0.39, 0.29) is 0 Å². The lowest BCUT2D eigenvalue weighted by Gasteiger charge is -2.21. The monoisotopic (exact) mass is 216 g/mol. The van der Waals surface area contributed by atoms with E-state index in [4.69, 9.17) is 10.2 Å². The second kappa shape index (κ2) is 6.83. The Kier molecular flexibility index (Phi) is 6.12. The Bertz CT molecular complexity index is 242. The molecule has 1 unspecified atom stereocenters. The van der Waals surface area contributed by atoms with E-state index in [0.717, 1.165) is 0 Å². The van der Waals surface area contributed by atoms with Crippen molar-refractivity contribution in [2.75, 3.05) is 19.7 Å². The van der Waals surface area contributed by atoms with Crippen LogP contribution in [0.3, 0.4) is 0 Å². The molecule has 0 aliphatic heterocycles. The molecule has 0 aromatic rings. The molecule has 0 fully saturated rings. The summed E-state index contributed by atoms with van der Waals surface area (Å²) < 4.78 is 0. The van der Waals surface area contributed by atoms with Crippen molar-refractivity contribution in [1.29, 1.82) is 0 Å². The number of aliphatic hydroxyl groups excluding tert-OH is 1. The number of likely N-dealkylation sites (N-methyl/N-ethyl adjacent to an activating group) is 1. The fourth-order valence-corrected chi connectivity index (χ4v) is 0.937. The minimum Gasteiger partial charge on any atom is -0.480 e. The van der Waals surface area contributed by atoms with Crippen LogP contribution in [0.4, 0.5) is 4.79 Å². The van der Waals surface area contributed by atoms with Gasteiger partial charge < -0.3 is 20.4 Å². The maximum absolute atomic E-state index is 11.4. The summed E-state index contributed by atoms with van der Waals surface area (Å²) in [4.78, 5) is 23.3. The van der Waals surface area contributed by atoms with Gasteiger partial charge in [0, 0.05) is 13.1 Å². The molecule has 0 saturated heterocycles. The quantitative estimate of drug-likeness (QED) is 0.529. The summed E-state index contributed by atoms with van der Waals surface area (Å²) in [5.41, 5.74) is 0. The molecule has 0 rings (SSSR count). The Hall–Kier alpha value is -1.56. The van der Waals surface area contributed by atoms with E-state index in [1.807, 2.05) is 0 Å². The molecule has 0 aliphatic rings. The number of carbonyl (C=O) groups excluding carboxylic acids is 1. The van der Waals surface area contributed by atoms with Gasteiger partial charge >= 0.3 is 12.0 Å². The Morgan fingerprint density at radius 1 is 1.60 bits per heavy atom. The van der Waals surface area contributed by atoms with E-state index >= 15 is 0 Å². The normalized spacial score (nSPS) is 11.6. The fourth-order valence-electron chi connectivity index (χ4n) is 0.937. The highest BCUT2D eigenvalue weighted by Crippen LogP contribution is 1.92. The minimum absolute atomic E-state index is 0.333. The van der Waals surface area contributed by atoms with E-state index < -0.39 is 24.6 Å².